The Hall–Kier alpha value is -4.13. The molecular formula is C32H34N2O5. The Kier molecular flexibility index (Phi) is 6.93. The van der Waals surface area contributed by atoms with Crippen LogP contribution < -0.4 is 0 Å². The molecule has 2 fully saturated rings. The van der Waals surface area contributed by atoms with Gasteiger partial charge in [0.15, 0.2) is 0 Å². The van der Waals surface area contributed by atoms with E-state index >= 15 is 0 Å². The van der Waals surface area contributed by atoms with Crippen molar-refractivity contribution < 1.29 is 23.9 Å². The third kappa shape index (κ3) is 5.01. The summed E-state index contributed by atoms with van der Waals surface area (Å²) in [6.45, 7) is 7.35. The molecule has 2 aliphatic heterocycles. The van der Waals surface area contributed by atoms with Crippen molar-refractivity contribution in [2.45, 2.75) is 63.4 Å². The van der Waals surface area contributed by atoms with Crippen molar-refractivity contribution >= 4 is 18.0 Å². The fourth-order valence-electron chi connectivity index (χ4n) is 5.59. The number of hydrogen-bond acceptors (Lipinski definition) is 5. The van der Waals surface area contributed by atoms with Crippen molar-refractivity contribution in [1.29, 1.82) is 0 Å². The van der Waals surface area contributed by atoms with Gasteiger partial charge in [-0.15, -0.1) is 0 Å². The first kappa shape index (κ1) is 26.5. The van der Waals surface area contributed by atoms with Crippen molar-refractivity contribution in [1.82, 2.24) is 9.80 Å². The number of esters is 1. The van der Waals surface area contributed by atoms with Crippen molar-refractivity contribution in [3.8, 4) is 0 Å². The van der Waals surface area contributed by atoms with Gasteiger partial charge in [-0.1, -0.05) is 91.0 Å². The van der Waals surface area contributed by atoms with E-state index in [1.54, 1.807) is 16.7 Å². The zero-order valence-corrected chi connectivity index (χ0v) is 22.7. The van der Waals surface area contributed by atoms with E-state index < -0.39 is 41.3 Å². The van der Waals surface area contributed by atoms with E-state index in [0.29, 0.717) is 0 Å². The van der Waals surface area contributed by atoms with Crippen molar-refractivity contribution in [3.63, 3.8) is 0 Å². The molecule has 2 amide bonds. The molecule has 39 heavy (non-hydrogen) atoms. The van der Waals surface area contributed by atoms with Gasteiger partial charge in [0.2, 0.25) is 5.91 Å². The number of ether oxygens (including phenoxy) is 2. The van der Waals surface area contributed by atoms with Crippen LogP contribution in [0.15, 0.2) is 91.0 Å². The number of amides is 2. The summed E-state index contributed by atoms with van der Waals surface area (Å²) in [4.78, 5) is 44.4. The Bertz CT molecular complexity index is 1340. The average Bonchev–Trinajstić information content (AvgIpc) is 3.28. The van der Waals surface area contributed by atoms with Gasteiger partial charge in [0, 0.05) is 6.42 Å². The zero-order valence-electron chi connectivity index (χ0n) is 22.7. The predicted molar refractivity (Wildman–Crippen MR) is 147 cm³/mol. The summed E-state index contributed by atoms with van der Waals surface area (Å²) in [5.41, 5.74) is 0.546. The lowest BCUT2D eigenvalue weighted by Gasteiger charge is -2.57. The zero-order chi connectivity index (χ0) is 27.8. The minimum atomic E-state index is -1.32. The summed E-state index contributed by atoms with van der Waals surface area (Å²) in [5.74, 6) is -0.803. The third-order valence-corrected chi connectivity index (χ3v) is 7.37. The summed E-state index contributed by atoms with van der Waals surface area (Å²) in [6, 6.07) is 26.9. The van der Waals surface area contributed by atoms with Crippen LogP contribution in [0.5, 0.6) is 0 Å². The molecule has 0 N–H and O–H groups in total. The number of carbonyl (C=O) groups excluding carboxylic acids is 3. The van der Waals surface area contributed by atoms with Crippen LogP contribution in [0.3, 0.4) is 0 Å². The van der Waals surface area contributed by atoms with Gasteiger partial charge in [-0.05, 0) is 44.4 Å². The fraction of sp³-hybridized carbons (Fsp3) is 0.344. The van der Waals surface area contributed by atoms with E-state index in [0.717, 1.165) is 16.7 Å². The highest BCUT2D eigenvalue weighted by Crippen LogP contribution is 2.48. The summed E-state index contributed by atoms with van der Waals surface area (Å²) < 4.78 is 11.4. The van der Waals surface area contributed by atoms with E-state index in [1.807, 2.05) is 112 Å². The van der Waals surface area contributed by atoms with E-state index in [9.17, 15) is 14.4 Å². The number of hydrogen-bond donors (Lipinski definition) is 0. The molecule has 2 heterocycles. The molecule has 5 rings (SSSR count). The predicted octanol–water partition coefficient (Wildman–Crippen LogP) is 5.48. The molecule has 4 atom stereocenters. The van der Waals surface area contributed by atoms with Gasteiger partial charge in [-0.2, -0.15) is 0 Å². The summed E-state index contributed by atoms with van der Waals surface area (Å²) >= 11 is 0. The van der Waals surface area contributed by atoms with Crippen LogP contribution in [0.2, 0.25) is 0 Å². The van der Waals surface area contributed by atoms with E-state index in [-0.39, 0.29) is 18.9 Å². The number of benzene rings is 3. The molecule has 7 nitrogen and oxygen atoms in total. The van der Waals surface area contributed by atoms with Gasteiger partial charge < -0.3 is 14.4 Å². The first-order chi connectivity index (χ1) is 18.6. The van der Waals surface area contributed by atoms with Crippen molar-refractivity contribution in [3.05, 3.63) is 108 Å². The quantitative estimate of drug-likeness (QED) is 0.301. The number of rotatable bonds is 7. The molecule has 0 bridgehead atoms. The maximum absolute atomic E-state index is 14.2. The van der Waals surface area contributed by atoms with Crippen molar-refractivity contribution in [2.75, 3.05) is 6.61 Å². The molecular weight excluding hydrogens is 492 g/mol. The minimum Gasteiger partial charge on any atom is -0.458 e. The Morgan fingerprint density at radius 2 is 1.36 bits per heavy atom. The Morgan fingerprint density at radius 3 is 1.92 bits per heavy atom. The van der Waals surface area contributed by atoms with Gasteiger partial charge in [-0.3, -0.25) is 9.69 Å². The molecule has 2 aliphatic rings. The lowest BCUT2D eigenvalue weighted by Crippen LogP contribution is -2.74. The van der Waals surface area contributed by atoms with E-state index in [2.05, 4.69) is 0 Å². The second kappa shape index (κ2) is 10.2. The average molecular weight is 527 g/mol. The van der Waals surface area contributed by atoms with Gasteiger partial charge in [0.1, 0.15) is 23.8 Å². The molecule has 0 unspecified atom stereocenters. The summed E-state index contributed by atoms with van der Waals surface area (Å²) in [7, 11) is 0. The van der Waals surface area contributed by atoms with Crippen LogP contribution in [-0.2, 0) is 25.5 Å². The highest BCUT2D eigenvalue weighted by molar-refractivity contribution is 5.98. The van der Waals surface area contributed by atoms with Crippen molar-refractivity contribution in [2.24, 2.45) is 0 Å². The molecule has 0 radical (unpaired) electrons. The largest absolute Gasteiger partial charge is 0.458 e. The Morgan fingerprint density at radius 1 is 0.821 bits per heavy atom. The number of β-lactam (4-membered cyclic amide) rings is 1. The number of cyclic esters (lactones) is 1. The molecule has 3 aromatic rings. The third-order valence-electron chi connectivity index (χ3n) is 7.37. The van der Waals surface area contributed by atoms with Crippen LogP contribution in [-0.4, -0.2) is 51.6 Å². The van der Waals surface area contributed by atoms with Gasteiger partial charge in [0.05, 0.1) is 12.1 Å². The van der Waals surface area contributed by atoms with Crippen LogP contribution in [0.1, 0.15) is 56.5 Å². The molecule has 202 valence electrons. The maximum atomic E-state index is 14.2. The monoisotopic (exact) mass is 526 g/mol. The lowest BCUT2D eigenvalue weighted by molar-refractivity contribution is -0.190. The molecule has 0 aromatic heterocycles. The number of nitrogens with zero attached hydrogens (tertiary/aromatic N) is 2. The normalized spacial score (nSPS) is 22.6. The van der Waals surface area contributed by atoms with Gasteiger partial charge >= 0.3 is 12.1 Å². The van der Waals surface area contributed by atoms with Gasteiger partial charge in [-0.25, -0.2) is 9.59 Å². The summed E-state index contributed by atoms with van der Waals surface area (Å²) in [6.07, 6.45) is -0.276. The highest BCUT2D eigenvalue weighted by atomic mass is 16.6. The maximum Gasteiger partial charge on any atom is 0.411 e. The number of carbonyl (C=O) groups is 3. The SMILES string of the molecule is CC(C)(C)OC(=O)[C@](C)(Cc1ccccc1)N1C(=O)[C@@H](N2C(=O)OC[C@@H]2c2ccccc2)[C@H]1c1ccccc1. The van der Waals surface area contributed by atoms with Crippen LogP contribution >= 0.6 is 0 Å². The Balaban J connectivity index is 1.59. The number of likely N-dealkylation sites (tertiary alicyclic amines) is 1. The standard InChI is InChI=1S/C32H34N2O5/c1-31(2,3)39-29(36)32(4,20-22-14-8-5-9-15-22)34-26(24-18-12-7-13-19-24)27(28(34)35)33-25(21-38-30(33)37)23-16-10-6-11-17-23/h5-19,25-27H,20-21H2,1-4H3/t25-,26-,27+,32+/m1/s1. The smallest absolute Gasteiger partial charge is 0.411 e. The minimum absolute atomic E-state index is 0.154. The lowest BCUT2D eigenvalue weighted by atomic mass is 9.78. The topological polar surface area (TPSA) is 76.2 Å². The van der Waals surface area contributed by atoms with Gasteiger partial charge in [0.25, 0.3) is 0 Å². The van der Waals surface area contributed by atoms with Crippen LogP contribution in [0.4, 0.5) is 4.79 Å². The molecule has 2 saturated heterocycles. The van der Waals surface area contributed by atoms with Crippen LogP contribution in [0, 0.1) is 0 Å². The molecule has 0 saturated carbocycles. The Labute approximate surface area is 229 Å². The first-order valence-corrected chi connectivity index (χ1v) is 13.3. The molecule has 3 aromatic carbocycles. The summed E-state index contributed by atoms with van der Waals surface area (Å²) in [5, 5.41) is 0. The fourth-order valence-corrected chi connectivity index (χ4v) is 5.59. The highest BCUT2D eigenvalue weighted by Gasteiger charge is 2.63. The first-order valence-electron chi connectivity index (χ1n) is 13.3. The van der Waals surface area contributed by atoms with E-state index in [1.165, 1.54) is 0 Å². The van der Waals surface area contributed by atoms with Crippen LogP contribution in [0.25, 0.3) is 0 Å². The second-order valence-corrected chi connectivity index (χ2v) is 11.4. The van der Waals surface area contributed by atoms with E-state index in [4.69, 9.17) is 9.47 Å². The molecule has 0 spiro atoms. The molecule has 0 aliphatic carbocycles. The second-order valence-electron chi connectivity index (χ2n) is 11.4. The molecule has 7 heteroatoms.